The third kappa shape index (κ3) is 5.11. The third-order valence-corrected chi connectivity index (χ3v) is 5.53. The van der Waals surface area contributed by atoms with Crippen LogP contribution in [0.3, 0.4) is 0 Å². The highest BCUT2D eigenvalue weighted by molar-refractivity contribution is 5.95. The summed E-state index contributed by atoms with van der Waals surface area (Å²) in [5.74, 6) is 0.836. The van der Waals surface area contributed by atoms with Crippen LogP contribution < -0.4 is 10.2 Å². The smallest absolute Gasteiger partial charge is 0.255 e. The summed E-state index contributed by atoms with van der Waals surface area (Å²) in [6.45, 7) is 7.61. The summed E-state index contributed by atoms with van der Waals surface area (Å²) < 4.78 is 7.50. The van der Waals surface area contributed by atoms with E-state index in [1.165, 1.54) is 0 Å². The average Bonchev–Trinajstić information content (AvgIpc) is 3.21. The molecule has 4 rings (SSSR count). The summed E-state index contributed by atoms with van der Waals surface area (Å²) in [6, 6.07) is 14.2. The molecule has 1 aromatic carbocycles. The summed E-state index contributed by atoms with van der Waals surface area (Å²) >= 11 is 0. The van der Waals surface area contributed by atoms with Gasteiger partial charge in [0.1, 0.15) is 5.82 Å². The van der Waals surface area contributed by atoms with Gasteiger partial charge < -0.3 is 15.0 Å². The number of hydrogen-bond acceptors (Lipinski definition) is 5. The number of pyridine rings is 1. The van der Waals surface area contributed by atoms with Crippen molar-refractivity contribution in [3.05, 3.63) is 77.2 Å². The molecule has 1 N–H and O–H groups in total. The molecule has 1 unspecified atom stereocenters. The monoisotopic (exact) mass is 419 g/mol. The molecule has 1 fully saturated rings. The largest absolute Gasteiger partial charge is 0.375 e. The molecule has 0 saturated carbocycles. The lowest BCUT2D eigenvalue weighted by atomic mass is 10.1. The van der Waals surface area contributed by atoms with Gasteiger partial charge in [0.15, 0.2) is 0 Å². The number of amides is 1. The third-order valence-electron chi connectivity index (χ3n) is 5.53. The maximum atomic E-state index is 12.8. The van der Waals surface area contributed by atoms with Gasteiger partial charge in [-0.05, 0) is 30.5 Å². The van der Waals surface area contributed by atoms with Crippen molar-refractivity contribution in [2.24, 2.45) is 0 Å². The minimum absolute atomic E-state index is 0.109. The lowest BCUT2D eigenvalue weighted by Crippen LogP contribution is -2.41. The molecule has 0 bridgehead atoms. The van der Waals surface area contributed by atoms with Crippen molar-refractivity contribution in [2.45, 2.75) is 39.5 Å². The molecule has 1 aliphatic rings. The molecular formula is C24H29N5O2. The van der Waals surface area contributed by atoms with Gasteiger partial charge in [-0.15, -0.1) is 0 Å². The van der Waals surface area contributed by atoms with E-state index in [9.17, 15) is 4.79 Å². The highest BCUT2D eigenvalue weighted by Crippen LogP contribution is 2.16. The average molecular weight is 420 g/mol. The standard InChI is InChI=1S/C24H29N5O2/c1-3-22-21(15-27-29(22)17-19-7-5-4-6-8-19)24(30)26-14-20-9-10-23(25-13-20)28-11-12-31-18(2)16-28/h4-10,13,15,18H,3,11-12,14,16-17H2,1-2H3,(H,26,30). The Bertz CT molecular complexity index is 1000. The van der Waals surface area contributed by atoms with Crippen LogP contribution in [-0.2, 0) is 24.2 Å². The van der Waals surface area contributed by atoms with Gasteiger partial charge >= 0.3 is 0 Å². The first-order valence-corrected chi connectivity index (χ1v) is 10.8. The Kier molecular flexibility index (Phi) is 6.62. The van der Waals surface area contributed by atoms with Gasteiger partial charge in [-0.25, -0.2) is 4.98 Å². The molecular weight excluding hydrogens is 390 g/mol. The Morgan fingerprint density at radius 1 is 1.16 bits per heavy atom. The number of carbonyl (C=O) groups excluding carboxylic acids is 1. The van der Waals surface area contributed by atoms with Crippen LogP contribution in [0.5, 0.6) is 0 Å². The second-order valence-electron chi connectivity index (χ2n) is 7.84. The van der Waals surface area contributed by atoms with Crippen LogP contribution in [0.4, 0.5) is 5.82 Å². The van der Waals surface area contributed by atoms with Crippen LogP contribution in [0.2, 0.25) is 0 Å². The summed E-state index contributed by atoms with van der Waals surface area (Å²) in [5, 5.41) is 7.46. The number of nitrogens with one attached hydrogen (secondary N) is 1. The maximum Gasteiger partial charge on any atom is 0.255 e. The lowest BCUT2D eigenvalue weighted by molar-refractivity contribution is 0.0529. The predicted molar refractivity (Wildman–Crippen MR) is 120 cm³/mol. The van der Waals surface area contributed by atoms with Crippen LogP contribution in [-0.4, -0.2) is 46.5 Å². The van der Waals surface area contributed by atoms with E-state index in [4.69, 9.17) is 4.74 Å². The van der Waals surface area contributed by atoms with E-state index >= 15 is 0 Å². The second kappa shape index (κ2) is 9.75. The molecule has 31 heavy (non-hydrogen) atoms. The fourth-order valence-electron chi connectivity index (χ4n) is 3.88. The molecule has 7 heteroatoms. The van der Waals surface area contributed by atoms with Crippen LogP contribution in [0, 0.1) is 0 Å². The summed E-state index contributed by atoms with van der Waals surface area (Å²) in [5.41, 5.74) is 3.70. The molecule has 3 aromatic rings. The zero-order chi connectivity index (χ0) is 21.6. The van der Waals surface area contributed by atoms with E-state index in [1.54, 1.807) is 6.20 Å². The van der Waals surface area contributed by atoms with Crippen LogP contribution in [0.15, 0.2) is 54.9 Å². The Morgan fingerprint density at radius 3 is 2.71 bits per heavy atom. The van der Waals surface area contributed by atoms with Crippen molar-refractivity contribution >= 4 is 11.7 Å². The first kappa shape index (κ1) is 21.1. The van der Waals surface area contributed by atoms with Crippen molar-refractivity contribution in [3.63, 3.8) is 0 Å². The fraction of sp³-hybridized carbons (Fsp3) is 0.375. The van der Waals surface area contributed by atoms with Crippen molar-refractivity contribution in [3.8, 4) is 0 Å². The van der Waals surface area contributed by atoms with Crippen molar-refractivity contribution in [1.29, 1.82) is 0 Å². The fourth-order valence-corrected chi connectivity index (χ4v) is 3.88. The van der Waals surface area contributed by atoms with Crippen LogP contribution in [0.1, 0.15) is 41.0 Å². The molecule has 0 spiro atoms. The van der Waals surface area contributed by atoms with E-state index in [2.05, 4.69) is 39.4 Å². The van der Waals surface area contributed by atoms with Crippen molar-refractivity contribution in [2.75, 3.05) is 24.6 Å². The lowest BCUT2D eigenvalue weighted by Gasteiger charge is -2.32. The van der Waals surface area contributed by atoms with Gasteiger partial charge in [0.05, 0.1) is 36.7 Å². The number of anilines is 1. The molecule has 3 heterocycles. The molecule has 1 amide bonds. The van der Waals surface area contributed by atoms with E-state index in [-0.39, 0.29) is 12.0 Å². The minimum atomic E-state index is -0.109. The Balaban J connectivity index is 1.37. The molecule has 0 radical (unpaired) electrons. The second-order valence-corrected chi connectivity index (χ2v) is 7.84. The van der Waals surface area contributed by atoms with Gasteiger partial charge in [0, 0.05) is 25.8 Å². The number of hydrogen-bond donors (Lipinski definition) is 1. The highest BCUT2D eigenvalue weighted by atomic mass is 16.5. The first-order chi connectivity index (χ1) is 15.1. The molecule has 7 nitrogen and oxygen atoms in total. The number of nitrogens with zero attached hydrogens (tertiary/aromatic N) is 4. The SMILES string of the molecule is CCc1c(C(=O)NCc2ccc(N3CCOC(C)C3)nc2)cnn1Cc1ccccc1. The maximum absolute atomic E-state index is 12.8. The molecule has 2 aromatic heterocycles. The summed E-state index contributed by atoms with van der Waals surface area (Å²) in [4.78, 5) is 19.6. The van der Waals surface area contributed by atoms with Crippen molar-refractivity contribution in [1.82, 2.24) is 20.1 Å². The van der Waals surface area contributed by atoms with Crippen molar-refractivity contribution < 1.29 is 9.53 Å². The quantitative estimate of drug-likeness (QED) is 0.637. The topological polar surface area (TPSA) is 72.3 Å². The summed E-state index contributed by atoms with van der Waals surface area (Å²) in [7, 11) is 0. The highest BCUT2D eigenvalue weighted by Gasteiger charge is 2.18. The van der Waals surface area contributed by atoms with E-state index in [0.29, 0.717) is 18.7 Å². The van der Waals surface area contributed by atoms with Gasteiger partial charge in [-0.3, -0.25) is 9.48 Å². The Labute approximate surface area is 183 Å². The first-order valence-electron chi connectivity index (χ1n) is 10.8. The molecule has 1 atom stereocenters. The molecule has 1 aliphatic heterocycles. The van der Waals surface area contributed by atoms with E-state index in [1.807, 2.05) is 48.1 Å². The summed E-state index contributed by atoms with van der Waals surface area (Å²) in [6.07, 6.45) is 4.45. The van der Waals surface area contributed by atoms with Crippen LogP contribution >= 0.6 is 0 Å². The van der Waals surface area contributed by atoms with Gasteiger partial charge in [-0.1, -0.05) is 43.3 Å². The van der Waals surface area contributed by atoms with E-state index < -0.39 is 0 Å². The molecule has 0 aliphatic carbocycles. The zero-order valence-corrected chi connectivity index (χ0v) is 18.1. The number of morpholine rings is 1. The number of benzene rings is 1. The number of carbonyl (C=O) groups is 1. The predicted octanol–water partition coefficient (Wildman–Crippen LogP) is 3.04. The Hall–Kier alpha value is -3.19. The van der Waals surface area contributed by atoms with E-state index in [0.717, 1.165) is 48.8 Å². The van der Waals surface area contributed by atoms with Gasteiger partial charge in [0.2, 0.25) is 0 Å². The minimum Gasteiger partial charge on any atom is -0.375 e. The van der Waals surface area contributed by atoms with Crippen LogP contribution in [0.25, 0.3) is 0 Å². The number of rotatable bonds is 7. The number of aromatic nitrogens is 3. The molecule has 162 valence electrons. The number of ether oxygens (including phenoxy) is 1. The molecule has 1 saturated heterocycles. The normalized spacial score (nSPS) is 16.3. The van der Waals surface area contributed by atoms with Gasteiger partial charge in [-0.2, -0.15) is 5.10 Å². The van der Waals surface area contributed by atoms with Gasteiger partial charge in [0.25, 0.3) is 5.91 Å². The zero-order valence-electron chi connectivity index (χ0n) is 18.1. The Morgan fingerprint density at radius 2 is 2.00 bits per heavy atom.